The van der Waals surface area contributed by atoms with Gasteiger partial charge in [-0.1, -0.05) is 47.7 Å². The summed E-state index contributed by atoms with van der Waals surface area (Å²) in [5.41, 5.74) is 3.89. The molecule has 3 heterocycles. The van der Waals surface area contributed by atoms with Crippen LogP contribution in [0.3, 0.4) is 0 Å². The van der Waals surface area contributed by atoms with Crippen LogP contribution in [0.4, 0.5) is 8.63 Å². The second kappa shape index (κ2) is 8.70. The first kappa shape index (κ1) is 20.6. The van der Waals surface area contributed by atoms with Crippen LogP contribution in [0.25, 0.3) is 16.8 Å². The summed E-state index contributed by atoms with van der Waals surface area (Å²) >= 11 is 0. The molecule has 1 aliphatic rings. The van der Waals surface area contributed by atoms with Crippen LogP contribution in [0.5, 0.6) is 5.75 Å². The second-order valence-corrected chi connectivity index (χ2v) is 7.28. The van der Waals surface area contributed by atoms with Crippen molar-refractivity contribution >= 4 is 18.8 Å². The number of hydrogen-bond donors (Lipinski definition) is 0. The smallest absolute Gasteiger partial charge is 0.497 e. The van der Waals surface area contributed by atoms with Gasteiger partial charge in [-0.25, -0.2) is 9.67 Å². The number of halogens is 2. The molecule has 5 rings (SSSR count). The molecule has 0 bridgehead atoms. The number of aliphatic imine (C=N–C) groups is 1. The number of allylic oxidation sites excluding steroid dienone is 2. The molecule has 1 aliphatic heterocycles. The quantitative estimate of drug-likeness (QED) is 0.418. The van der Waals surface area contributed by atoms with E-state index in [-0.39, 0.29) is 0 Å². The fourth-order valence-electron chi connectivity index (χ4n) is 3.70. The van der Waals surface area contributed by atoms with Crippen LogP contribution in [-0.2, 0) is 0 Å². The molecule has 0 saturated carbocycles. The summed E-state index contributed by atoms with van der Waals surface area (Å²) in [6, 6.07) is 20.2. The summed E-state index contributed by atoms with van der Waals surface area (Å²) in [6.45, 7) is 0. The minimum atomic E-state index is -2.68. The third-order valence-electron chi connectivity index (χ3n) is 5.30. The zero-order valence-corrected chi connectivity index (χ0v) is 17.6. The van der Waals surface area contributed by atoms with E-state index in [1.54, 1.807) is 54.4 Å². The summed E-state index contributed by atoms with van der Waals surface area (Å²) in [7, 11) is -1.10. The molecular formula is C24H18BF2N5O. The highest BCUT2D eigenvalue weighted by Gasteiger charge is 2.24. The maximum atomic E-state index is 13.7. The van der Waals surface area contributed by atoms with Gasteiger partial charge in [0.2, 0.25) is 0 Å². The lowest BCUT2D eigenvalue weighted by atomic mass is 9.99. The minimum absolute atomic E-state index is 0.364. The van der Waals surface area contributed by atoms with E-state index in [2.05, 4.69) is 10.3 Å². The Hall–Kier alpha value is -4.27. The van der Waals surface area contributed by atoms with Crippen LogP contribution in [-0.4, -0.2) is 39.8 Å². The van der Waals surface area contributed by atoms with Gasteiger partial charge in [0, 0.05) is 16.8 Å². The average molecular weight is 441 g/mol. The monoisotopic (exact) mass is 441 g/mol. The van der Waals surface area contributed by atoms with Crippen molar-refractivity contribution in [3.05, 3.63) is 108 Å². The average Bonchev–Trinajstić information content (AvgIpc) is 3.61. The highest BCUT2D eigenvalue weighted by molar-refractivity contribution is 6.41. The largest absolute Gasteiger partial charge is 0.677 e. The third kappa shape index (κ3) is 4.00. The lowest BCUT2D eigenvalue weighted by molar-refractivity contribution is 0.415. The van der Waals surface area contributed by atoms with E-state index in [1.807, 2.05) is 42.5 Å². The zero-order valence-electron chi connectivity index (χ0n) is 17.6. The summed E-state index contributed by atoms with van der Waals surface area (Å²) in [5.74, 6) is 1.22. The molecule has 0 unspecified atom stereocenters. The molecule has 2 aromatic heterocycles. The van der Waals surface area contributed by atoms with Gasteiger partial charge in [0.1, 0.15) is 11.4 Å². The van der Waals surface area contributed by atoms with Crippen LogP contribution in [0, 0.1) is 0 Å². The van der Waals surface area contributed by atoms with Crippen molar-refractivity contribution in [3.8, 4) is 17.0 Å². The molecule has 0 spiro atoms. The number of methoxy groups -OCH3 is 1. The normalized spacial score (nSPS) is 14.3. The van der Waals surface area contributed by atoms with Gasteiger partial charge in [-0.3, -0.25) is 8.63 Å². The van der Waals surface area contributed by atoms with Gasteiger partial charge in [0.25, 0.3) is 0 Å². The van der Waals surface area contributed by atoms with Crippen molar-refractivity contribution in [2.75, 3.05) is 7.11 Å². The number of nitrogens with zero attached hydrogens (tertiary/aromatic N) is 5. The summed E-state index contributed by atoms with van der Waals surface area (Å²) in [6.07, 6.45) is 6.73. The predicted molar refractivity (Wildman–Crippen MR) is 124 cm³/mol. The lowest BCUT2D eigenvalue weighted by Crippen LogP contribution is -2.15. The Bertz CT molecular complexity index is 1370. The predicted octanol–water partition coefficient (Wildman–Crippen LogP) is 4.80. The minimum Gasteiger partial charge on any atom is -0.497 e. The van der Waals surface area contributed by atoms with E-state index in [9.17, 15) is 8.63 Å². The Kier molecular flexibility index (Phi) is 5.44. The Labute approximate surface area is 189 Å². The standard InChI is InChI=1S/C24H18BF2N5O/c1-33-19-11-9-18(10-12-19)24(22-8-5-15-31(22)25(26)27)20-13-14-23(28-20)32-16-21(29-30-32)17-6-3-2-4-7-17/h2-16H,1H3/b24-20-. The number of benzene rings is 2. The molecule has 4 aromatic rings. The van der Waals surface area contributed by atoms with Crippen LogP contribution in [0.15, 0.2) is 102 Å². The molecule has 33 heavy (non-hydrogen) atoms. The van der Waals surface area contributed by atoms with Crippen LogP contribution < -0.4 is 4.74 Å². The highest BCUT2D eigenvalue weighted by Crippen LogP contribution is 2.32. The van der Waals surface area contributed by atoms with Crippen LogP contribution in [0.2, 0.25) is 0 Å². The molecule has 0 fully saturated rings. The summed E-state index contributed by atoms with van der Waals surface area (Å²) < 4.78 is 35.1. The van der Waals surface area contributed by atoms with Crippen molar-refractivity contribution in [1.29, 1.82) is 0 Å². The topological polar surface area (TPSA) is 57.2 Å². The number of rotatable bonds is 5. The van der Waals surface area contributed by atoms with Gasteiger partial charge in [-0.2, -0.15) is 0 Å². The van der Waals surface area contributed by atoms with Crippen molar-refractivity contribution < 1.29 is 13.4 Å². The van der Waals surface area contributed by atoms with Crippen molar-refractivity contribution in [2.45, 2.75) is 0 Å². The Morgan fingerprint density at radius 3 is 2.45 bits per heavy atom. The van der Waals surface area contributed by atoms with Crippen molar-refractivity contribution in [2.24, 2.45) is 4.99 Å². The number of hydrogen-bond acceptors (Lipinski definition) is 4. The van der Waals surface area contributed by atoms with Gasteiger partial charge < -0.3 is 9.21 Å². The summed E-state index contributed by atoms with van der Waals surface area (Å²) in [4.78, 5) is 4.70. The molecule has 0 aliphatic carbocycles. The first-order valence-corrected chi connectivity index (χ1v) is 10.2. The molecule has 0 amide bonds. The van der Waals surface area contributed by atoms with Gasteiger partial charge >= 0.3 is 7.40 Å². The zero-order chi connectivity index (χ0) is 22.8. The maximum absolute atomic E-state index is 13.7. The molecule has 6 nitrogen and oxygen atoms in total. The van der Waals surface area contributed by atoms with Crippen molar-refractivity contribution in [1.82, 2.24) is 19.5 Å². The molecule has 0 saturated heterocycles. The van der Waals surface area contributed by atoms with Gasteiger partial charge in [0.15, 0.2) is 5.84 Å². The molecule has 0 radical (unpaired) electrons. The molecular weight excluding hydrogens is 423 g/mol. The number of aromatic nitrogens is 4. The highest BCUT2D eigenvalue weighted by atomic mass is 19.2. The Morgan fingerprint density at radius 2 is 1.73 bits per heavy atom. The van der Waals surface area contributed by atoms with E-state index in [0.29, 0.717) is 34.2 Å². The molecule has 9 heteroatoms. The van der Waals surface area contributed by atoms with Crippen LogP contribution in [0.1, 0.15) is 11.3 Å². The van der Waals surface area contributed by atoms with Crippen molar-refractivity contribution in [3.63, 3.8) is 0 Å². The van der Waals surface area contributed by atoms with E-state index >= 15 is 0 Å². The lowest BCUT2D eigenvalue weighted by Gasteiger charge is -2.13. The Morgan fingerprint density at radius 1 is 0.939 bits per heavy atom. The fraction of sp³-hybridized carbons (Fsp3) is 0.0417. The second-order valence-electron chi connectivity index (χ2n) is 7.28. The number of ether oxygens (including phenoxy) is 1. The van der Waals surface area contributed by atoms with E-state index in [1.165, 1.54) is 6.20 Å². The first-order valence-electron chi connectivity index (χ1n) is 10.2. The maximum Gasteiger partial charge on any atom is 0.677 e. The van der Waals surface area contributed by atoms with Gasteiger partial charge in [-0.05, 0) is 48.2 Å². The SMILES string of the molecule is COc1ccc(/C(=C2\C=CC(n3cc(-c4ccccc4)nn3)=N2)c2cccn2B(F)F)cc1. The van der Waals surface area contributed by atoms with Gasteiger partial charge in [0.05, 0.1) is 19.0 Å². The molecule has 0 atom stereocenters. The molecule has 162 valence electrons. The fourth-order valence-corrected chi connectivity index (χ4v) is 3.70. The Balaban J connectivity index is 1.59. The third-order valence-corrected chi connectivity index (χ3v) is 5.30. The van der Waals surface area contributed by atoms with E-state index in [0.717, 1.165) is 15.6 Å². The van der Waals surface area contributed by atoms with Crippen LogP contribution >= 0.6 is 0 Å². The van der Waals surface area contributed by atoms with E-state index < -0.39 is 7.40 Å². The molecule has 2 aromatic carbocycles. The first-order chi connectivity index (χ1) is 16.1. The molecule has 0 N–H and O–H groups in total. The van der Waals surface area contributed by atoms with Gasteiger partial charge in [-0.15, -0.1) is 5.10 Å². The van der Waals surface area contributed by atoms with E-state index in [4.69, 9.17) is 9.73 Å². The summed E-state index contributed by atoms with van der Waals surface area (Å²) in [5, 5.41) is 8.42.